The molecule has 0 fully saturated rings. The molecule has 1 aromatic carbocycles. The Kier molecular flexibility index (Phi) is 2.86. The minimum atomic E-state index is -0.668. The molecule has 2 rings (SSSR count). The van der Waals surface area contributed by atoms with Crippen molar-refractivity contribution in [1.29, 1.82) is 0 Å². The highest BCUT2D eigenvalue weighted by Gasteiger charge is 2.20. The first-order valence-corrected chi connectivity index (χ1v) is 5.24. The van der Waals surface area contributed by atoms with Gasteiger partial charge >= 0.3 is 5.97 Å². The zero-order chi connectivity index (χ0) is 10.7. The van der Waals surface area contributed by atoms with E-state index in [2.05, 4.69) is 18.2 Å². The number of carbonyl (C=O) groups is 1. The number of aliphatic carboxylic acids is 1. The van der Waals surface area contributed by atoms with Crippen LogP contribution >= 0.6 is 0 Å². The molecule has 0 heterocycles. The molecular formula is C13H14O2. The van der Waals surface area contributed by atoms with Gasteiger partial charge in [-0.3, -0.25) is 4.79 Å². The molecule has 15 heavy (non-hydrogen) atoms. The number of allylic oxidation sites excluding steroid dienone is 2. The van der Waals surface area contributed by atoms with E-state index in [1.54, 1.807) is 0 Å². The van der Waals surface area contributed by atoms with Gasteiger partial charge in [-0.25, -0.2) is 0 Å². The van der Waals surface area contributed by atoms with Crippen LogP contribution in [-0.4, -0.2) is 11.1 Å². The summed E-state index contributed by atoms with van der Waals surface area (Å²) >= 11 is 0. The normalized spacial score (nSPS) is 20.8. The van der Waals surface area contributed by atoms with Gasteiger partial charge in [0.2, 0.25) is 0 Å². The van der Waals surface area contributed by atoms with Crippen LogP contribution in [0.25, 0.3) is 5.57 Å². The van der Waals surface area contributed by atoms with Gasteiger partial charge in [0, 0.05) is 0 Å². The second-order valence-corrected chi connectivity index (χ2v) is 3.90. The van der Waals surface area contributed by atoms with Gasteiger partial charge in [-0.2, -0.15) is 0 Å². The van der Waals surface area contributed by atoms with E-state index >= 15 is 0 Å². The maximum atomic E-state index is 10.8. The van der Waals surface area contributed by atoms with E-state index in [4.69, 9.17) is 5.11 Å². The molecule has 2 nitrogen and oxygen atoms in total. The quantitative estimate of drug-likeness (QED) is 0.800. The standard InChI is InChI=1S/C13H14O2/c14-13(15)12-8-6-11(7-9-12)10-4-2-1-3-5-10/h1-6,12H,7-9H2,(H,14,15)/t12-/m0/s1. The third-order valence-corrected chi connectivity index (χ3v) is 2.90. The van der Waals surface area contributed by atoms with Crippen LogP contribution in [0.1, 0.15) is 24.8 Å². The highest BCUT2D eigenvalue weighted by molar-refractivity contribution is 5.74. The van der Waals surface area contributed by atoms with Gasteiger partial charge < -0.3 is 5.11 Å². The van der Waals surface area contributed by atoms with Crippen molar-refractivity contribution in [3.63, 3.8) is 0 Å². The van der Waals surface area contributed by atoms with Gasteiger partial charge in [-0.15, -0.1) is 0 Å². The molecule has 0 amide bonds. The topological polar surface area (TPSA) is 37.3 Å². The lowest BCUT2D eigenvalue weighted by molar-refractivity contribution is -0.141. The zero-order valence-electron chi connectivity index (χ0n) is 8.52. The Bertz CT molecular complexity index is 379. The third kappa shape index (κ3) is 2.27. The Balaban J connectivity index is 2.12. The van der Waals surface area contributed by atoms with Crippen molar-refractivity contribution in [2.24, 2.45) is 5.92 Å². The lowest BCUT2D eigenvalue weighted by atomic mass is 9.87. The van der Waals surface area contributed by atoms with Crippen LogP contribution in [0.2, 0.25) is 0 Å². The summed E-state index contributed by atoms with van der Waals surface area (Å²) < 4.78 is 0. The number of benzene rings is 1. The summed E-state index contributed by atoms with van der Waals surface area (Å²) in [6.45, 7) is 0. The first-order valence-electron chi connectivity index (χ1n) is 5.24. The fraction of sp³-hybridized carbons (Fsp3) is 0.308. The lowest BCUT2D eigenvalue weighted by Crippen LogP contribution is -2.15. The fourth-order valence-electron chi connectivity index (χ4n) is 1.97. The summed E-state index contributed by atoms with van der Waals surface area (Å²) in [5.74, 6) is -0.851. The summed E-state index contributed by atoms with van der Waals surface area (Å²) in [7, 11) is 0. The first kappa shape index (κ1) is 9.97. The Morgan fingerprint density at radius 1 is 1.27 bits per heavy atom. The van der Waals surface area contributed by atoms with Crippen LogP contribution in [0.15, 0.2) is 36.4 Å². The summed E-state index contributed by atoms with van der Waals surface area (Å²) in [6.07, 6.45) is 4.37. The van der Waals surface area contributed by atoms with E-state index in [1.165, 1.54) is 11.1 Å². The van der Waals surface area contributed by atoms with Gasteiger partial charge in [0.1, 0.15) is 0 Å². The highest BCUT2D eigenvalue weighted by Crippen LogP contribution is 2.29. The van der Waals surface area contributed by atoms with Crippen LogP contribution in [-0.2, 0) is 4.79 Å². The summed E-state index contributed by atoms with van der Waals surface area (Å²) in [5.41, 5.74) is 2.51. The summed E-state index contributed by atoms with van der Waals surface area (Å²) in [6, 6.07) is 10.2. The van der Waals surface area contributed by atoms with Gasteiger partial charge in [0.05, 0.1) is 5.92 Å². The largest absolute Gasteiger partial charge is 0.481 e. The molecule has 1 N–H and O–H groups in total. The van der Waals surface area contributed by atoms with Gasteiger partial charge in [-0.05, 0) is 30.4 Å². The second-order valence-electron chi connectivity index (χ2n) is 3.90. The average molecular weight is 202 g/mol. The van der Waals surface area contributed by atoms with E-state index in [0.717, 1.165) is 12.8 Å². The Hall–Kier alpha value is -1.57. The number of carboxylic acid groups (broad SMARTS) is 1. The molecule has 2 heteroatoms. The maximum Gasteiger partial charge on any atom is 0.306 e. The molecule has 0 radical (unpaired) electrons. The predicted molar refractivity (Wildman–Crippen MR) is 59.4 cm³/mol. The minimum Gasteiger partial charge on any atom is -0.481 e. The molecule has 1 aliphatic rings. The van der Waals surface area contributed by atoms with Crippen LogP contribution < -0.4 is 0 Å². The maximum absolute atomic E-state index is 10.8. The molecule has 0 unspecified atom stereocenters. The van der Waals surface area contributed by atoms with E-state index in [-0.39, 0.29) is 5.92 Å². The Morgan fingerprint density at radius 2 is 2.00 bits per heavy atom. The molecule has 0 aliphatic heterocycles. The number of hydrogen-bond acceptors (Lipinski definition) is 1. The molecule has 0 aromatic heterocycles. The first-order chi connectivity index (χ1) is 7.27. The van der Waals surface area contributed by atoms with Crippen molar-refractivity contribution in [2.75, 3.05) is 0 Å². The van der Waals surface area contributed by atoms with Crippen molar-refractivity contribution < 1.29 is 9.90 Å². The predicted octanol–water partition coefficient (Wildman–Crippen LogP) is 2.95. The molecule has 1 aliphatic carbocycles. The highest BCUT2D eigenvalue weighted by atomic mass is 16.4. The van der Waals surface area contributed by atoms with Crippen molar-refractivity contribution in [3.05, 3.63) is 42.0 Å². The van der Waals surface area contributed by atoms with Crippen molar-refractivity contribution in [1.82, 2.24) is 0 Å². The number of hydrogen-bond donors (Lipinski definition) is 1. The van der Waals surface area contributed by atoms with Crippen molar-refractivity contribution in [2.45, 2.75) is 19.3 Å². The van der Waals surface area contributed by atoms with Crippen molar-refractivity contribution in [3.8, 4) is 0 Å². The smallest absolute Gasteiger partial charge is 0.306 e. The summed E-state index contributed by atoms with van der Waals surface area (Å²) in [5, 5.41) is 8.87. The second kappa shape index (κ2) is 4.30. The van der Waals surface area contributed by atoms with Gasteiger partial charge in [0.25, 0.3) is 0 Å². The number of rotatable bonds is 2. The zero-order valence-corrected chi connectivity index (χ0v) is 8.52. The molecule has 0 saturated heterocycles. The Labute approximate surface area is 89.2 Å². The molecule has 0 saturated carbocycles. The molecule has 0 spiro atoms. The number of carboxylic acids is 1. The molecule has 1 atom stereocenters. The third-order valence-electron chi connectivity index (χ3n) is 2.90. The van der Waals surface area contributed by atoms with Crippen molar-refractivity contribution >= 4 is 11.5 Å². The fourth-order valence-corrected chi connectivity index (χ4v) is 1.97. The van der Waals surface area contributed by atoms with Crippen LogP contribution in [0.3, 0.4) is 0 Å². The molecule has 1 aromatic rings. The average Bonchev–Trinajstić information content (AvgIpc) is 2.30. The molecule has 0 bridgehead atoms. The van der Waals surface area contributed by atoms with E-state index in [9.17, 15) is 4.79 Å². The SMILES string of the molecule is O=C(O)[C@H]1CC=C(c2ccccc2)CC1. The van der Waals surface area contributed by atoms with Crippen LogP contribution in [0, 0.1) is 5.92 Å². The summed E-state index contributed by atoms with van der Waals surface area (Å²) in [4.78, 5) is 10.8. The van der Waals surface area contributed by atoms with Crippen LogP contribution in [0.4, 0.5) is 0 Å². The monoisotopic (exact) mass is 202 g/mol. The van der Waals surface area contributed by atoms with E-state index < -0.39 is 5.97 Å². The Morgan fingerprint density at radius 3 is 2.53 bits per heavy atom. The van der Waals surface area contributed by atoms with Gasteiger partial charge in [0.15, 0.2) is 0 Å². The lowest BCUT2D eigenvalue weighted by Gasteiger charge is -2.18. The van der Waals surface area contributed by atoms with E-state index in [0.29, 0.717) is 6.42 Å². The minimum absolute atomic E-state index is 0.183. The molecule has 78 valence electrons. The van der Waals surface area contributed by atoms with E-state index in [1.807, 2.05) is 18.2 Å². The van der Waals surface area contributed by atoms with Gasteiger partial charge in [-0.1, -0.05) is 36.4 Å². The van der Waals surface area contributed by atoms with Crippen LogP contribution in [0.5, 0.6) is 0 Å². The molecular weight excluding hydrogens is 188 g/mol.